The summed E-state index contributed by atoms with van der Waals surface area (Å²) in [6.45, 7) is 3.41. The molecule has 2 aliphatic heterocycles. The van der Waals surface area contributed by atoms with Crippen LogP contribution in [-0.2, 0) is 9.59 Å². The Morgan fingerprint density at radius 1 is 0.958 bits per heavy atom. The number of nitrogens with zero attached hydrogens (tertiary/aromatic N) is 2. The maximum atomic E-state index is 13.2. The summed E-state index contributed by atoms with van der Waals surface area (Å²) in [4.78, 5) is 30.0. The molecule has 0 aromatic heterocycles. The molecule has 4 nitrogen and oxygen atoms in total. The van der Waals surface area contributed by atoms with E-state index in [-0.39, 0.29) is 11.3 Å². The first-order valence-electron chi connectivity index (χ1n) is 10.3. The molecule has 0 N–H and O–H groups in total. The average molecular weight is 332 g/mol. The number of hydrogen-bond donors (Lipinski definition) is 0. The van der Waals surface area contributed by atoms with E-state index in [1.54, 1.807) is 0 Å². The number of carbonyl (C=O) groups is 2. The Hall–Kier alpha value is -1.06. The van der Waals surface area contributed by atoms with Crippen molar-refractivity contribution in [2.75, 3.05) is 26.2 Å². The number of piperidine rings is 1. The topological polar surface area (TPSA) is 40.6 Å². The van der Waals surface area contributed by atoms with Gasteiger partial charge in [0.05, 0.1) is 5.41 Å². The fourth-order valence-electron chi connectivity index (χ4n) is 5.36. The van der Waals surface area contributed by atoms with Gasteiger partial charge in [-0.1, -0.05) is 25.7 Å². The van der Waals surface area contributed by atoms with E-state index in [4.69, 9.17) is 0 Å². The molecule has 2 saturated carbocycles. The second-order valence-electron chi connectivity index (χ2n) is 8.78. The summed E-state index contributed by atoms with van der Waals surface area (Å²) in [6, 6.07) is 0. The molecule has 4 heteroatoms. The van der Waals surface area contributed by atoms with E-state index in [0.717, 1.165) is 51.7 Å². The summed E-state index contributed by atoms with van der Waals surface area (Å²) < 4.78 is 0. The summed E-state index contributed by atoms with van der Waals surface area (Å²) in [5.41, 5.74) is -0.244. The van der Waals surface area contributed by atoms with Crippen LogP contribution in [0.3, 0.4) is 0 Å². The highest BCUT2D eigenvalue weighted by molar-refractivity contribution is 5.86. The molecule has 0 radical (unpaired) electrons. The van der Waals surface area contributed by atoms with Gasteiger partial charge in [-0.15, -0.1) is 0 Å². The molecule has 1 unspecified atom stereocenters. The minimum atomic E-state index is -0.244. The average Bonchev–Trinajstić information content (AvgIpc) is 2.97. The maximum absolute atomic E-state index is 13.2. The molecule has 2 amide bonds. The van der Waals surface area contributed by atoms with Crippen LogP contribution in [0.1, 0.15) is 70.6 Å². The van der Waals surface area contributed by atoms with Crippen molar-refractivity contribution in [2.45, 2.75) is 70.6 Å². The Bertz CT molecular complexity index is 496. The smallest absolute Gasteiger partial charge is 0.230 e. The zero-order chi connectivity index (χ0) is 16.6. The predicted molar refractivity (Wildman–Crippen MR) is 93.4 cm³/mol. The van der Waals surface area contributed by atoms with Crippen molar-refractivity contribution >= 4 is 11.8 Å². The van der Waals surface area contributed by atoms with Gasteiger partial charge in [-0.3, -0.25) is 9.59 Å². The maximum Gasteiger partial charge on any atom is 0.230 e. The van der Waals surface area contributed by atoms with Crippen molar-refractivity contribution in [2.24, 2.45) is 17.3 Å². The third-order valence-electron chi connectivity index (χ3n) is 7.15. The van der Waals surface area contributed by atoms with Crippen LogP contribution in [0.25, 0.3) is 0 Å². The molecule has 2 saturated heterocycles. The van der Waals surface area contributed by atoms with E-state index in [1.165, 1.54) is 38.5 Å². The Morgan fingerprint density at radius 3 is 2.46 bits per heavy atom. The van der Waals surface area contributed by atoms with Gasteiger partial charge in [0.15, 0.2) is 0 Å². The molecule has 0 aromatic carbocycles. The van der Waals surface area contributed by atoms with Crippen molar-refractivity contribution in [1.82, 2.24) is 9.80 Å². The zero-order valence-corrected chi connectivity index (χ0v) is 15.0. The van der Waals surface area contributed by atoms with Gasteiger partial charge in [0.1, 0.15) is 0 Å². The molecule has 4 rings (SSSR count). The van der Waals surface area contributed by atoms with Crippen LogP contribution < -0.4 is 0 Å². The largest absolute Gasteiger partial charge is 0.342 e. The van der Waals surface area contributed by atoms with Gasteiger partial charge < -0.3 is 9.80 Å². The first-order valence-corrected chi connectivity index (χ1v) is 10.3. The Balaban J connectivity index is 1.39. The quantitative estimate of drug-likeness (QED) is 0.796. The lowest BCUT2D eigenvalue weighted by Crippen LogP contribution is -2.52. The summed E-state index contributed by atoms with van der Waals surface area (Å²) in [6.07, 6.45) is 12.9. The van der Waals surface area contributed by atoms with Crippen molar-refractivity contribution in [3.05, 3.63) is 0 Å². The van der Waals surface area contributed by atoms with Gasteiger partial charge in [0, 0.05) is 32.1 Å². The third-order valence-corrected chi connectivity index (χ3v) is 7.15. The zero-order valence-electron chi connectivity index (χ0n) is 15.0. The molecule has 24 heavy (non-hydrogen) atoms. The van der Waals surface area contributed by atoms with Crippen molar-refractivity contribution < 1.29 is 9.59 Å². The first-order chi connectivity index (χ1) is 11.7. The lowest BCUT2D eigenvalue weighted by atomic mass is 9.77. The van der Waals surface area contributed by atoms with Crippen LogP contribution in [0.15, 0.2) is 0 Å². The molecule has 1 atom stereocenters. The fraction of sp³-hybridized carbons (Fsp3) is 0.900. The van der Waals surface area contributed by atoms with E-state index in [0.29, 0.717) is 24.3 Å². The number of amides is 2. The first kappa shape index (κ1) is 16.4. The predicted octanol–water partition coefficient (Wildman–Crippen LogP) is 3.21. The van der Waals surface area contributed by atoms with Crippen LogP contribution in [0.2, 0.25) is 0 Å². The van der Waals surface area contributed by atoms with E-state index < -0.39 is 0 Å². The molecular weight excluding hydrogens is 300 g/mol. The fourth-order valence-corrected chi connectivity index (χ4v) is 5.36. The van der Waals surface area contributed by atoms with E-state index in [1.807, 2.05) is 4.90 Å². The highest BCUT2D eigenvalue weighted by atomic mass is 16.2. The second kappa shape index (κ2) is 6.68. The van der Waals surface area contributed by atoms with Crippen LogP contribution in [0.5, 0.6) is 0 Å². The van der Waals surface area contributed by atoms with Gasteiger partial charge in [-0.25, -0.2) is 0 Å². The SMILES string of the molecule is O=C(C1CCC1)N1CCC2(CCCN(CC3CCCCC3)C2=O)C1. The monoisotopic (exact) mass is 332 g/mol. The molecule has 0 bridgehead atoms. The summed E-state index contributed by atoms with van der Waals surface area (Å²) >= 11 is 0. The lowest BCUT2D eigenvalue weighted by molar-refractivity contribution is -0.147. The van der Waals surface area contributed by atoms with Crippen LogP contribution in [0.4, 0.5) is 0 Å². The Morgan fingerprint density at radius 2 is 1.75 bits per heavy atom. The van der Waals surface area contributed by atoms with Gasteiger partial charge in [0.2, 0.25) is 11.8 Å². The van der Waals surface area contributed by atoms with Crippen LogP contribution >= 0.6 is 0 Å². The molecule has 0 aromatic rings. The number of carbonyl (C=O) groups excluding carboxylic acids is 2. The number of rotatable bonds is 3. The van der Waals surface area contributed by atoms with E-state index >= 15 is 0 Å². The molecule has 134 valence electrons. The summed E-state index contributed by atoms with van der Waals surface area (Å²) in [7, 11) is 0. The van der Waals surface area contributed by atoms with Gasteiger partial charge in [0.25, 0.3) is 0 Å². The molecule has 2 aliphatic carbocycles. The molecule has 4 aliphatic rings. The van der Waals surface area contributed by atoms with Crippen molar-refractivity contribution in [1.29, 1.82) is 0 Å². The number of likely N-dealkylation sites (tertiary alicyclic amines) is 2. The summed E-state index contributed by atoms with van der Waals surface area (Å²) in [5.74, 6) is 1.67. The van der Waals surface area contributed by atoms with Crippen LogP contribution in [0, 0.1) is 17.3 Å². The number of hydrogen-bond acceptors (Lipinski definition) is 2. The minimum Gasteiger partial charge on any atom is -0.342 e. The summed E-state index contributed by atoms with van der Waals surface area (Å²) in [5, 5.41) is 0. The highest BCUT2D eigenvalue weighted by Gasteiger charge is 2.50. The molecule has 2 heterocycles. The van der Waals surface area contributed by atoms with E-state index in [2.05, 4.69) is 4.90 Å². The molecule has 1 spiro atoms. The highest BCUT2D eigenvalue weighted by Crippen LogP contribution is 2.42. The van der Waals surface area contributed by atoms with Gasteiger partial charge in [-0.05, 0) is 50.9 Å². The normalized spacial score (nSPS) is 32.4. The lowest BCUT2D eigenvalue weighted by Gasteiger charge is -2.41. The van der Waals surface area contributed by atoms with Crippen LogP contribution in [-0.4, -0.2) is 47.8 Å². The van der Waals surface area contributed by atoms with Gasteiger partial charge in [-0.2, -0.15) is 0 Å². The van der Waals surface area contributed by atoms with Crippen molar-refractivity contribution in [3.63, 3.8) is 0 Å². The van der Waals surface area contributed by atoms with E-state index in [9.17, 15) is 9.59 Å². The standard InChI is InChI=1S/C20H32N2O2/c23-18(17-8-4-9-17)22-13-11-20(15-22)10-5-12-21(19(20)24)14-16-6-2-1-3-7-16/h16-17H,1-15H2. The van der Waals surface area contributed by atoms with Crippen molar-refractivity contribution in [3.8, 4) is 0 Å². The molecule has 4 fully saturated rings. The second-order valence-corrected chi connectivity index (χ2v) is 8.78. The Kier molecular flexibility index (Phi) is 4.57. The Labute approximate surface area is 145 Å². The van der Waals surface area contributed by atoms with Gasteiger partial charge >= 0.3 is 0 Å². The molecular formula is C20H32N2O2. The minimum absolute atomic E-state index is 0.244. The third kappa shape index (κ3) is 2.97.